The Kier molecular flexibility index (Phi) is 14.5. The first-order chi connectivity index (χ1) is 23.6. The van der Waals surface area contributed by atoms with Gasteiger partial charge >= 0.3 is 6.09 Å². The Labute approximate surface area is 288 Å². The molecule has 0 aliphatic carbocycles. The van der Waals surface area contributed by atoms with Gasteiger partial charge in [0.2, 0.25) is 6.79 Å². The third-order valence-electron chi connectivity index (χ3n) is 7.83. The van der Waals surface area contributed by atoms with Crippen LogP contribution in [0.15, 0.2) is 77.7 Å². The number of hydrogen-bond donors (Lipinski definition) is 3. The van der Waals surface area contributed by atoms with Gasteiger partial charge in [-0.25, -0.2) is 13.2 Å². The Hall–Kier alpha value is -3.88. The van der Waals surface area contributed by atoms with Crippen molar-refractivity contribution in [2.45, 2.75) is 75.8 Å². The minimum Gasteiger partial charge on any atom is -0.489 e. The molecule has 0 radical (unpaired) electrons. The summed E-state index contributed by atoms with van der Waals surface area (Å²) in [6.07, 6.45) is -1.85. The highest BCUT2D eigenvalue weighted by Gasteiger charge is 2.33. The molecule has 0 aromatic heterocycles. The summed E-state index contributed by atoms with van der Waals surface area (Å²) in [6, 6.07) is 20.8. The first-order valence-electron chi connectivity index (χ1n) is 16.6. The number of benzene rings is 3. The monoisotopic (exact) mass is 700 g/mol. The van der Waals surface area contributed by atoms with Crippen LogP contribution < -0.4 is 24.8 Å². The normalized spacial score (nSPS) is 14.4. The van der Waals surface area contributed by atoms with Gasteiger partial charge in [-0.2, -0.15) is 0 Å². The van der Waals surface area contributed by atoms with E-state index in [-0.39, 0.29) is 37.2 Å². The van der Waals surface area contributed by atoms with Gasteiger partial charge in [0.25, 0.3) is 0 Å². The zero-order valence-electron chi connectivity index (χ0n) is 28.5. The van der Waals surface area contributed by atoms with Gasteiger partial charge in [0, 0.05) is 32.2 Å². The molecular weight excluding hydrogens is 652 g/mol. The molecule has 268 valence electrons. The molecule has 3 aromatic carbocycles. The van der Waals surface area contributed by atoms with E-state index in [0.717, 1.165) is 11.1 Å². The lowest BCUT2D eigenvalue weighted by molar-refractivity contribution is -0.144. The van der Waals surface area contributed by atoms with E-state index in [2.05, 4.69) is 10.6 Å². The van der Waals surface area contributed by atoms with Crippen LogP contribution in [0.2, 0.25) is 0 Å². The molecule has 0 spiro atoms. The summed E-state index contributed by atoms with van der Waals surface area (Å²) in [4.78, 5) is 13.0. The number of nitrogens with one attached hydrogen (secondary N) is 2. The Morgan fingerprint density at radius 2 is 1.61 bits per heavy atom. The zero-order chi connectivity index (χ0) is 35.2. The van der Waals surface area contributed by atoms with E-state index >= 15 is 0 Å². The Morgan fingerprint density at radius 1 is 0.918 bits per heavy atom. The molecule has 3 atom stereocenters. The van der Waals surface area contributed by atoms with E-state index in [4.69, 9.17) is 28.4 Å². The summed E-state index contributed by atoms with van der Waals surface area (Å²) in [7, 11) is -3.89. The number of rotatable bonds is 20. The largest absolute Gasteiger partial charge is 0.489 e. The zero-order valence-corrected chi connectivity index (χ0v) is 29.3. The standard InChI is InChI=1S/C36H48N2O10S/c1-5-43-34(44-6-2)18-19-45-36(40)38-30(20-26-12-14-28(15-13-26)46-23-27-10-8-7-9-11-27)31(39)22-37-35(25(3)4)49(41,42)29-16-17-32-33(21-29)48-24-47-32/h7-17,21,25,30-31,34-35,37,39H,5-6,18-20,22-24H2,1-4H3,(H,38,40)/t30-,31+,35?/m0/s1. The van der Waals surface area contributed by atoms with Crippen molar-refractivity contribution in [1.29, 1.82) is 0 Å². The summed E-state index contributed by atoms with van der Waals surface area (Å²) in [5.74, 6) is 1.15. The molecule has 1 aliphatic rings. The van der Waals surface area contributed by atoms with Gasteiger partial charge in [0.05, 0.1) is 23.6 Å². The van der Waals surface area contributed by atoms with E-state index in [1.165, 1.54) is 12.1 Å². The third kappa shape index (κ3) is 11.3. The number of carbonyl (C=O) groups is 1. The molecule has 49 heavy (non-hydrogen) atoms. The molecule has 4 rings (SSSR count). The summed E-state index contributed by atoms with van der Waals surface area (Å²) in [5.41, 5.74) is 1.86. The average Bonchev–Trinajstić information content (AvgIpc) is 3.56. The lowest BCUT2D eigenvalue weighted by atomic mass is 10.0. The molecule has 0 bridgehead atoms. The van der Waals surface area contributed by atoms with Crippen LogP contribution in [-0.4, -0.2) is 76.6 Å². The van der Waals surface area contributed by atoms with Crippen molar-refractivity contribution in [3.05, 3.63) is 83.9 Å². The second-order valence-corrected chi connectivity index (χ2v) is 13.9. The van der Waals surface area contributed by atoms with Gasteiger partial charge in [-0.05, 0) is 61.6 Å². The van der Waals surface area contributed by atoms with Crippen LogP contribution >= 0.6 is 0 Å². The highest BCUT2D eigenvalue weighted by Crippen LogP contribution is 2.35. The quantitative estimate of drug-likeness (QED) is 0.139. The molecule has 0 saturated carbocycles. The Morgan fingerprint density at radius 3 is 2.29 bits per heavy atom. The fraction of sp³-hybridized carbons (Fsp3) is 0.472. The van der Waals surface area contributed by atoms with Crippen LogP contribution in [-0.2, 0) is 37.1 Å². The summed E-state index contributed by atoms with van der Waals surface area (Å²) in [5, 5.41) is 16.2. The number of carbonyl (C=O) groups excluding carboxylic acids is 1. The second kappa shape index (κ2) is 18.8. The Balaban J connectivity index is 1.43. The number of sulfone groups is 1. The van der Waals surface area contributed by atoms with Crippen molar-refractivity contribution in [3.8, 4) is 17.2 Å². The molecule has 1 unspecified atom stereocenters. The van der Waals surface area contributed by atoms with E-state index in [0.29, 0.717) is 43.5 Å². The molecule has 3 aromatic rings. The molecule has 1 aliphatic heterocycles. The number of amides is 1. The predicted molar refractivity (Wildman–Crippen MR) is 183 cm³/mol. The van der Waals surface area contributed by atoms with E-state index in [9.17, 15) is 18.3 Å². The predicted octanol–water partition coefficient (Wildman–Crippen LogP) is 4.83. The third-order valence-corrected chi connectivity index (χ3v) is 10.1. The highest BCUT2D eigenvalue weighted by molar-refractivity contribution is 7.92. The second-order valence-electron chi connectivity index (χ2n) is 11.8. The highest BCUT2D eigenvalue weighted by atomic mass is 32.2. The van der Waals surface area contributed by atoms with Crippen LogP contribution in [0.5, 0.6) is 17.2 Å². The smallest absolute Gasteiger partial charge is 0.407 e. The Bertz CT molecular complexity index is 1550. The minimum atomic E-state index is -3.89. The van der Waals surface area contributed by atoms with Crippen molar-refractivity contribution in [2.75, 3.05) is 33.2 Å². The number of aliphatic hydroxyl groups is 1. The van der Waals surface area contributed by atoms with Gasteiger partial charge in [-0.1, -0.05) is 56.3 Å². The number of aliphatic hydroxyl groups excluding tert-OH is 1. The molecule has 3 N–H and O–H groups in total. The van der Waals surface area contributed by atoms with Crippen molar-refractivity contribution in [1.82, 2.24) is 10.6 Å². The van der Waals surface area contributed by atoms with Gasteiger partial charge in [0.1, 0.15) is 17.7 Å². The molecule has 0 saturated heterocycles. The molecule has 0 fully saturated rings. The maximum atomic E-state index is 13.7. The molecule has 12 nitrogen and oxygen atoms in total. The summed E-state index contributed by atoms with van der Waals surface area (Å²) < 4.78 is 60.5. The number of alkyl carbamates (subject to hydrolysis) is 1. The number of hydrogen-bond acceptors (Lipinski definition) is 11. The topological polar surface area (TPSA) is 151 Å². The van der Waals surface area contributed by atoms with Crippen molar-refractivity contribution in [2.24, 2.45) is 5.92 Å². The fourth-order valence-corrected chi connectivity index (χ4v) is 7.17. The maximum Gasteiger partial charge on any atom is 0.407 e. The van der Waals surface area contributed by atoms with Crippen LogP contribution in [0, 0.1) is 5.92 Å². The first kappa shape index (κ1) is 37.9. The lowest BCUT2D eigenvalue weighted by Crippen LogP contribution is -2.52. The fourth-order valence-electron chi connectivity index (χ4n) is 5.31. The van der Waals surface area contributed by atoms with E-state index < -0.39 is 39.7 Å². The first-order valence-corrected chi connectivity index (χ1v) is 18.1. The van der Waals surface area contributed by atoms with E-state index in [1.807, 2.05) is 68.4 Å². The minimum absolute atomic E-state index is 0.0246. The van der Waals surface area contributed by atoms with Gasteiger partial charge in [0.15, 0.2) is 27.6 Å². The van der Waals surface area contributed by atoms with Crippen molar-refractivity contribution >= 4 is 15.9 Å². The lowest BCUT2D eigenvalue weighted by Gasteiger charge is -2.28. The number of ether oxygens (including phenoxy) is 6. The van der Waals surface area contributed by atoms with Crippen LogP contribution in [0.3, 0.4) is 0 Å². The van der Waals surface area contributed by atoms with Crippen LogP contribution in [0.25, 0.3) is 0 Å². The SMILES string of the molecule is CCOC(CCOC(=O)N[C@@H](Cc1ccc(OCc2ccccc2)cc1)[C@H](O)CNC(C(C)C)S(=O)(=O)c1ccc2c(c1)OCO2)OCC. The van der Waals surface area contributed by atoms with Crippen molar-refractivity contribution < 1.29 is 46.7 Å². The van der Waals surface area contributed by atoms with Gasteiger partial charge in [-0.15, -0.1) is 0 Å². The maximum absolute atomic E-state index is 13.7. The van der Waals surface area contributed by atoms with Gasteiger partial charge < -0.3 is 38.8 Å². The van der Waals surface area contributed by atoms with Crippen LogP contribution in [0.4, 0.5) is 4.79 Å². The molecule has 13 heteroatoms. The summed E-state index contributed by atoms with van der Waals surface area (Å²) >= 11 is 0. The van der Waals surface area contributed by atoms with Crippen molar-refractivity contribution in [3.63, 3.8) is 0 Å². The molecule has 1 amide bonds. The van der Waals surface area contributed by atoms with Crippen LogP contribution in [0.1, 0.15) is 45.2 Å². The summed E-state index contributed by atoms with van der Waals surface area (Å²) in [6.45, 7) is 8.52. The van der Waals surface area contributed by atoms with Gasteiger partial charge in [-0.3, -0.25) is 5.32 Å². The molecular formula is C36H48N2O10S. The average molecular weight is 701 g/mol. The van der Waals surface area contributed by atoms with E-state index in [1.54, 1.807) is 19.9 Å². The number of fused-ring (bicyclic) bond motifs is 1. The molecule has 1 heterocycles.